The van der Waals surface area contributed by atoms with Crippen molar-refractivity contribution >= 4 is 34.1 Å². The van der Waals surface area contributed by atoms with Gasteiger partial charge in [-0.05, 0) is 69.5 Å². The van der Waals surface area contributed by atoms with Crippen molar-refractivity contribution in [2.75, 3.05) is 16.8 Å². The highest BCUT2D eigenvalue weighted by Gasteiger charge is 2.21. The number of benzene rings is 2. The monoisotopic (exact) mass is 515 g/mol. The number of aromatic nitrogens is 3. The second-order valence-corrected chi connectivity index (χ2v) is 10.4. The van der Waals surface area contributed by atoms with E-state index in [-0.39, 0.29) is 29.3 Å². The summed E-state index contributed by atoms with van der Waals surface area (Å²) >= 11 is 0. The smallest absolute Gasteiger partial charge is 0.228 e. The minimum Gasteiger partial charge on any atom is -0.456 e. The van der Waals surface area contributed by atoms with Crippen molar-refractivity contribution in [1.82, 2.24) is 14.8 Å². The standard InChI is InChI=1S/C29H30FN5O3/c1-29(2,3)35-18-20(17-32-35)33-27(36)14-19-7-9-22(16-24(19)30)38-26-11-12-31-25-10-8-21(15-23(25)26)34-13-5-4-6-28(34)37/h7-12,15-18H,4-6,13-14H2,1-3H3,(H,33,36). The van der Waals surface area contributed by atoms with Crippen LogP contribution in [0.4, 0.5) is 15.8 Å². The van der Waals surface area contributed by atoms with Crippen molar-refractivity contribution in [2.45, 2.75) is 52.0 Å². The lowest BCUT2D eigenvalue weighted by Gasteiger charge is -2.27. The fourth-order valence-corrected chi connectivity index (χ4v) is 4.44. The Morgan fingerprint density at radius 1 is 1.13 bits per heavy atom. The molecule has 0 bridgehead atoms. The molecule has 5 rings (SSSR count). The van der Waals surface area contributed by atoms with Crippen molar-refractivity contribution in [3.05, 3.63) is 72.4 Å². The van der Waals surface area contributed by atoms with Gasteiger partial charge >= 0.3 is 0 Å². The number of anilines is 2. The van der Waals surface area contributed by atoms with Crippen molar-refractivity contribution in [3.63, 3.8) is 0 Å². The van der Waals surface area contributed by atoms with Gasteiger partial charge < -0.3 is 15.0 Å². The molecule has 2 aromatic carbocycles. The molecule has 9 heteroatoms. The minimum absolute atomic E-state index is 0.103. The Kier molecular flexibility index (Phi) is 6.84. The molecular formula is C29H30FN5O3. The number of fused-ring (bicyclic) bond motifs is 1. The molecule has 1 N–H and O–H groups in total. The molecule has 4 aromatic rings. The van der Waals surface area contributed by atoms with E-state index in [2.05, 4.69) is 15.4 Å². The summed E-state index contributed by atoms with van der Waals surface area (Å²) in [4.78, 5) is 31.1. The molecule has 1 saturated heterocycles. The lowest BCUT2D eigenvalue weighted by molar-refractivity contribution is -0.119. The molecule has 2 aromatic heterocycles. The molecule has 38 heavy (non-hydrogen) atoms. The predicted molar refractivity (Wildman–Crippen MR) is 144 cm³/mol. The number of carbonyl (C=O) groups is 2. The van der Waals surface area contributed by atoms with E-state index in [1.54, 1.807) is 46.4 Å². The number of halogens is 1. The normalized spacial score (nSPS) is 14.1. The molecule has 0 unspecified atom stereocenters. The summed E-state index contributed by atoms with van der Waals surface area (Å²) in [6.45, 7) is 6.70. The van der Waals surface area contributed by atoms with Gasteiger partial charge in [-0.25, -0.2) is 4.39 Å². The van der Waals surface area contributed by atoms with Crippen LogP contribution in [0.25, 0.3) is 10.9 Å². The van der Waals surface area contributed by atoms with E-state index in [4.69, 9.17) is 4.74 Å². The average molecular weight is 516 g/mol. The van der Waals surface area contributed by atoms with Gasteiger partial charge in [-0.3, -0.25) is 19.3 Å². The average Bonchev–Trinajstić information content (AvgIpc) is 3.35. The van der Waals surface area contributed by atoms with E-state index in [9.17, 15) is 14.0 Å². The lowest BCUT2D eigenvalue weighted by atomic mass is 10.1. The molecular weight excluding hydrogens is 485 g/mol. The molecule has 3 heterocycles. The van der Waals surface area contributed by atoms with Gasteiger partial charge in [-0.2, -0.15) is 5.10 Å². The SMILES string of the molecule is CC(C)(C)n1cc(NC(=O)Cc2ccc(Oc3ccnc4ccc(N5CCCCC5=O)cc34)cc2F)cn1. The van der Waals surface area contributed by atoms with Crippen LogP contribution in [0.2, 0.25) is 0 Å². The summed E-state index contributed by atoms with van der Waals surface area (Å²) in [6.07, 6.45) is 7.23. The van der Waals surface area contributed by atoms with Crippen LogP contribution in [-0.2, 0) is 21.5 Å². The summed E-state index contributed by atoms with van der Waals surface area (Å²) in [5.41, 5.74) is 2.10. The number of hydrogen-bond donors (Lipinski definition) is 1. The van der Waals surface area contributed by atoms with Crippen LogP contribution in [0, 0.1) is 5.82 Å². The van der Waals surface area contributed by atoms with Gasteiger partial charge in [-0.1, -0.05) is 6.07 Å². The third-order valence-corrected chi connectivity index (χ3v) is 6.48. The third-order valence-electron chi connectivity index (χ3n) is 6.48. The van der Waals surface area contributed by atoms with Gasteiger partial charge in [-0.15, -0.1) is 0 Å². The highest BCUT2D eigenvalue weighted by atomic mass is 19.1. The number of amides is 2. The summed E-state index contributed by atoms with van der Waals surface area (Å²) in [6, 6.07) is 11.8. The second-order valence-electron chi connectivity index (χ2n) is 10.4. The molecule has 0 aliphatic carbocycles. The van der Waals surface area contributed by atoms with E-state index in [1.165, 1.54) is 6.07 Å². The number of pyridine rings is 1. The lowest BCUT2D eigenvalue weighted by Crippen LogP contribution is -2.35. The zero-order valence-corrected chi connectivity index (χ0v) is 21.7. The van der Waals surface area contributed by atoms with Crippen LogP contribution in [0.15, 0.2) is 61.1 Å². The van der Waals surface area contributed by atoms with E-state index in [1.807, 2.05) is 39.0 Å². The van der Waals surface area contributed by atoms with Crippen LogP contribution < -0.4 is 15.0 Å². The fraction of sp³-hybridized carbons (Fsp3) is 0.310. The zero-order chi connectivity index (χ0) is 26.9. The zero-order valence-electron chi connectivity index (χ0n) is 21.7. The Labute approximate surface area is 220 Å². The third kappa shape index (κ3) is 5.51. The Hall–Kier alpha value is -4.27. The van der Waals surface area contributed by atoms with Crippen LogP contribution in [0.3, 0.4) is 0 Å². The van der Waals surface area contributed by atoms with Gasteiger partial charge in [0.15, 0.2) is 0 Å². The molecule has 0 spiro atoms. The molecule has 1 fully saturated rings. The van der Waals surface area contributed by atoms with Gasteiger partial charge in [0.05, 0.1) is 29.4 Å². The molecule has 8 nitrogen and oxygen atoms in total. The van der Waals surface area contributed by atoms with E-state index in [0.29, 0.717) is 35.7 Å². The van der Waals surface area contributed by atoms with Gasteiger partial charge in [0, 0.05) is 42.5 Å². The van der Waals surface area contributed by atoms with E-state index < -0.39 is 5.82 Å². The van der Waals surface area contributed by atoms with E-state index >= 15 is 0 Å². The predicted octanol–water partition coefficient (Wildman–Crippen LogP) is 5.82. The Bertz CT molecular complexity index is 1510. The highest BCUT2D eigenvalue weighted by Crippen LogP contribution is 2.33. The molecule has 196 valence electrons. The van der Waals surface area contributed by atoms with Crippen LogP contribution in [0.1, 0.15) is 45.6 Å². The Balaban J connectivity index is 1.31. The quantitative estimate of drug-likeness (QED) is 0.350. The van der Waals surface area contributed by atoms with Crippen molar-refractivity contribution in [3.8, 4) is 11.5 Å². The first-order chi connectivity index (χ1) is 18.2. The summed E-state index contributed by atoms with van der Waals surface area (Å²) in [5.74, 6) is 0.0192. The Morgan fingerprint density at radius 2 is 1.97 bits per heavy atom. The molecule has 1 aliphatic heterocycles. The minimum atomic E-state index is -0.541. The maximum atomic E-state index is 14.9. The number of rotatable bonds is 6. The summed E-state index contributed by atoms with van der Waals surface area (Å²) < 4.78 is 22.7. The molecule has 0 atom stereocenters. The second kappa shape index (κ2) is 10.2. The van der Waals surface area contributed by atoms with Crippen molar-refractivity contribution in [2.24, 2.45) is 0 Å². The number of nitrogens with zero attached hydrogens (tertiary/aromatic N) is 4. The maximum absolute atomic E-state index is 14.9. The molecule has 0 radical (unpaired) electrons. The van der Waals surface area contributed by atoms with Crippen molar-refractivity contribution in [1.29, 1.82) is 0 Å². The number of nitrogens with one attached hydrogen (secondary N) is 1. The van der Waals surface area contributed by atoms with Crippen LogP contribution >= 0.6 is 0 Å². The van der Waals surface area contributed by atoms with E-state index in [0.717, 1.165) is 23.9 Å². The molecule has 1 aliphatic rings. The Morgan fingerprint density at radius 3 is 2.71 bits per heavy atom. The number of piperidine rings is 1. The van der Waals surface area contributed by atoms with Gasteiger partial charge in [0.1, 0.15) is 17.3 Å². The van der Waals surface area contributed by atoms with Gasteiger partial charge in [0.2, 0.25) is 11.8 Å². The first-order valence-corrected chi connectivity index (χ1v) is 12.7. The first-order valence-electron chi connectivity index (χ1n) is 12.7. The largest absolute Gasteiger partial charge is 0.456 e. The molecule has 2 amide bonds. The highest BCUT2D eigenvalue weighted by molar-refractivity contribution is 5.97. The van der Waals surface area contributed by atoms with Crippen molar-refractivity contribution < 1.29 is 18.7 Å². The topological polar surface area (TPSA) is 89.4 Å². The molecule has 0 saturated carbocycles. The fourth-order valence-electron chi connectivity index (χ4n) is 4.44. The summed E-state index contributed by atoms with van der Waals surface area (Å²) in [7, 11) is 0. The van der Waals surface area contributed by atoms with Gasteiger partial charge in [0.25, 0.3) is 0 Å². The number of hydrogen-bond acceptors (Lipinski definition) is 5. The number of ether oxygens (including phenoxy) is 1. The van der Waals surface area contributed by atoms with Crippen LogP contribution in [0.5, 0.6) is 11.5 Å². The summed E-state index contributed by atoms with van der Waals surface area (Å²) in [5, 5.41) is 7.75. The maximum Gasteiger partial charge on any atom is 0.228 e. The van der Waals surface area contributed by atoms with Crippen LogP contribution in [-0.4, -0.2) is 33.1 Å². The number of carbonyl (C=O) groups excluding carboxylic acids is 2. The first kappa shape index (κ1) is 25.4.